The number of rotatable bonds is 2. The van der Waals surface area contributed by atoms with Crippen molar-refractivity contribution in [2.24, 2.45) is 5.10 Å². The third kappa shape index (κ3) is 3.19. The zero-order valence-electron chi connectivity index (χ0n) is 14.5. The summed E-state index contributed by atoms with van der Waals surface area (Å²) in [5.41, 5.74) is 4.34. The Labute approximate surface area is 188 Å². The van der Waals surface area contributed by atoms with Crippen LogP contribution in [-0.2, 0) is 0 Å². The van der Waals surface area contributed by atoms with Gasteiger partial charge < -0.3 is 4.74 Å². The van der Waals surface area contributed by atoms with Crippen LogP contribution < -0.4 is 4.74 Å². The Morgan fingerprint density at radius 3 is 2.43 bits per heavy atom. The Balaban J connectivity index is 1.63. The summed E-state index contributed by atoms with van der Waals surface area (Å²) in [5.74, 6) is 0.874. The number of ether oxygens (including phenoxy) is 1. The number of nitrogens with zero attached hydrogens (tertiary/aromatic N) is 3. The van der Waals surface area contributed by atoms with Gasteiger partial charge in [-0.25, -0.2) is 5.01 Å². The highest BCUT2D eigenvalue weighted by Gasteiger charge is 2.41. The number of pyridine rings is 1. The molecule has 0 N–H and O–H groups in total. The van der Waals surface area contributed by atoms with Crippen molar-refractivity contribution in [2.75, 3.05) is 0 Å². The minimum atomic E-state index is -0.300. The predicted molar refractivity (Wildman–Crippen MR) is 119 cm³/mol. The van der Waals surface area contributed by atoms with Crippen LogP contribution >= 0.6 is 47.8 Å². The number of halogens is 3. The Bertz CT molecular complexity index is 1070. The molecule has 0 amide bonds. The lowest BCUT2D eigenvalue weighted by Crippen LogP contribution is -2.33. The molecule has 0 aliphatic carbocycles. The summed E-state index contributed by atoms with van der Waals surface area (Å²) >= 11 is 10.8. The zero-order chi connectivity index (χ0) is 19.3. The topological polar surface area (TPSA) is 37.7 Å². The number of hydrazone groups is 1. The summed E-state index contributed by atoms with van der Waals surface area (Å²) in [6.07, 6.45) is 4.10. The highest BCUT2D eigenvalue weighted by molar-refractivity contribution is 9.11. The van der Waals surface area contributed by atoms with E-state index in [1.165, 1.54) is 0 Å². The average Bonchev–Trinajstić information content (AvgIpc) is 3.14. The molecular weight excluding hydrogens is 550 g/mol. The minimum Gasteiger partial charge on any atom is -0.463 e. The predicted octanol–water partition coefficient (Wildman–Crippen LogP) is 6.61. The van der Waals surface area contributed by atoms with Crippen molar-refractivity contribution in [2.45, 2.75) is 18.7 Å². The zero-order valence-corrected chi connectivity index (χ0v) is 19.3. The van der Waals surface area contributed by atoms with Crippen molar-refractivity contribution in [3.63, 3.8) is 0 Å². The van der Waals surface area contributed by atoms with Crippen molar-refractivity contribution < 1.29 is 4.74 Å². The lowest BCUT2D eigenvalue weighted by molar-refractivity contribution is -0.0197. The van der Waals surface area contributed by atoms with Crippen LogP contribution in [0.15, 0.2) is 79.4 Å². The van der Waals surface area contributed by atoms with Crippen molar-refractivity contribution >= 4 is 53.5 Å². The monoisotopic (exact) mass is 561 g/mol. The molecule has 7 heteroatoms. The van der Waals surface area contributed by atoms with Gasteiger partial charge in [0.1, 0.15) is 5.75 Å². The maximum atomic E-state index is 6.44. The van der Waals surface area contributed by atoms with Crippen LogP contribution in [0.2, 0.25) is 0 Å². The van der Waals surface area contributed by atoms with Crippen molar-refractivity contribution in [3.8, 4) is 5.75 Å². The number of aromatic nitrogens is 1. The van der Waals surface area contributed by atoms with Crippen molar-refractivity contribution in [1.82, 2.24) is 9.99 Å². The van der Waals surface area contributed by atoms with Crippen LogP contribution in [0.3, 0.4) is 0 Å². The molecule has 0 fully saturated rings. The molecule has 28 heavy (non-hydrogen) atoms. The normalized spacial score (nSPS) is 20.2. The second-order valence-corrected chi connectivity index (χ2v) is 9.40. The largest absolute Gasteiger partial charge is 0.463 e. The van der Waals surface area contributed by atoms with E-state index < -0.39 is 0 Å². The van der Waals surface area contributed by atoms with Crippen LogP contribution in [0.5, 0.6) is 5.75 Å². The smallest absolute Gasteiger partial charge is 0.214 e. The molecular formula is C21H14Br3N3O. The molecule has 0 bridgehead atoms. The Morgan fingerprint density at radius 2 is 1.68 bits per heavy atom. The van der Waals surface area contributed by atoms with E-state index in [4.69, 9.17) is 9.84 Å². The van der Waals surface area contributed by atoms with Crippen molar-refractivity contribution in [1.29, 1.82) is 0 Å². The molecule has 2 aliphatic heterocycles. The average molecular weight is 564 g/mol. The molecule has 1 aromatic heterocycles. The summed E-state index contributed by atoms with van der Waals surface area (Å²) in [4.78, 5) is 4.14. The molecule has 2 aromatic carbocycles. The number of fused-ring (bicyclic) bond motifs is 3. The van der Waals surface area contributed by atoms with E-state index in [9.17, 15) is 0 Å². The first-order valence-corrected chi connectivity index (χ1v) is 11.2. The van der Waals surface area contributed by atoms with E-state index >= 15 is 0 Å². The molecule has 0 saturated carbocycles. The molecule has 2 atom stereocenters. The molecule has 0 saturated heterocycles. The highest BCUT2D eigenvalue weighted by atomic mass is 79.9. The van der Waals surface area contributed by atoms with Gasteiger partial charge in [0.25, 0.3) is 0 Å². The van der Waals surface area contributed by atoms with E-state index in [-0.39, 0.29) is 12.3 Å². The fourth-order valence-electron chi connectivity index (χ4n) is 3.68. The molecule has 3 aromatic rings. The molecule has 3 heterocycles. The Kier molecular flexibility index (Phi) is 4.77. The fraction of sp³-hybridized carbons (Fsp3) is 0.143. The standard InChI is InChI=1S/C21H14Br3N3O/c22-14-3-1-12(2-4-14)18-11-19-16-9-15(23)10-17(24)20(16)28-21(27(19)26-18)13-5-7-25-8-6-13/h1-10,19,21H,11H2. The molecule has 0 radical (unpaired) electrons. The minimum absolute atomic E-state index is 0.106. The van der Waals surface area contributed by atoms with Gasteiger partial charge in [0.05, 0.1) is 16.2 Å². The summed E-state index contributed by atoms with van der Waals surface area (Å²) in [6, 6.07) is 16.5. The summed E-state index contributed by atoms with van der Waals surface area (Å²) < 4.78 is 9.45. The van der Waals surface area contributed by atoms with Gasteiger partial charge in [0, 0.05) is 38.9 Å². The van der Waals surface area contributed by atoms with Crippen LogP contribution in [0.25, 0.3) is 0 Å². The molecule has 2 unspecified atom stereocenters. The first kappa shape index (κ1) is 18.3. The number of hydrogen-bond acceptors (Lipinski definition) is 4. The van der Waals surface area contributed by atoms with Gasteiger partial charge in [-0.2, -0.15) is 5.10 Å². The van der Waals surface area contributed by atoms with Gasteiger partial charge in [-0.05, 0) is 57.9 Å². The third-order valence-corrected chi connectivity index (χ3v) is 6.55. The SMILES string of the molecule is Brc1ccc(C2=NN3C(C2)c2cc(Br)cc(Br)c2OC3c2ccncc2)cc1. The van der Waals surface area contributed by atoms with Gasteiger partial charge >= 0.3 is 0 Å². The lowest BCUT2D eigenvalue weighted by Gasteiger charge is -2.38. The van der Waals surface area contributed by atoms with Crippen molar-refractivity contribution in [3.05, 3.63) is 91.0 Å². The summed E-state index contributed by atoms with van der Waals surface area (Å²) in [5, 5.41) is 7.06. The van der Waals surface area contributed by atoms with E-state index in [0.717, 1.165) is 48.0 Å². The van der Waals surface area contributed by atoms with E-state index in [1.54, 1.807) is 12.4 Å². The van der Waals surface area contributed by atoms with Gasteiger partial charge in [-0.1, -0.05) is 44.0 Å². The van der Waals surface area contributed by atoms with Crippen LogP contribution in [0.1, 0.15) is 35.4 Å². The lowest BCUT2D eigenvalue weighted by atomic mass is 9.96. The quantitative estimate of drug-likeness (QED) is 0.352. The summed E-state index contributed by atoms with van der Waals surface area (Å²) in [6.45, 7) is 0. The van der Waals surface area contributed by atoms with Crippen LogP contribution in [-0.4, -0.2) is 15.7 Å². The van der Waals surface area contributed by atoms with Gasteiger partial charge in [0.15, 0.2) is 0 Å². The number of hydrogen-bond donors (Lipinski definition) is 0. The maximum Gasteiger partial charge on any atom is 0.214 e. The Morgan fingerprint density at radius 1 is 0.929 bits per heavy atom. The second kappa shape index (κ2) is 7.28. The summed E-state index contributed by atoms with van der Waals surface area (Å²) in [7, 11) is 0. The van der Waals surface area contributed by atoms with E-state index in [2.05, 4.69) is 76.0 Å². The van der Waals surface area contributed by atoms with E-state index in [0.29, 0.717) is 0 Å². The number of benzene rings is 2. The molecule has 2 aliphatic rings. The first-order chi connectivity index (χ1) is 13.6. The second-order valence-electron chi connectivity index (χ2n) is 6.71. The van der Waals surface area contributed by atoms with Crippen LogP contribution in [0.4, 0.5) is 0 Å². The molecule has 0 spiro atoms. The van der Waals surface area contributed by atoms with E-state index in [1.807, 2.05) is 30.3 Å². The maximum absolute atomic E-state index is 6.44. The molecule has 5 rings (SSSR count). The third-order valence-electron chi connectivity index (χ3n) is 4.98. The molecule has 4 nitrogen and oxygen atoms in total. The Hall–Kier alpha value is -1.70. The fourth-order valence-corrected chi connectivity index (χ4v) is 5.30. The van der Waals surface area contributed by atoms with Gasteiger partial charge in [-0.3, -0.25) is 4.98 Å². The first-order valence-electron chi connectivity index (χ1n) is 8.77. The van der Waals surface area contributed by atoms with Gasteiger partial charge in [-0.15, -0.1) is 0 Å². The molecule has 140 valence electrons. The van der Waals surface area contributed by atoms with Crippen LogP contribution in [0, 0.1) is 0 Å². The highest BCUT2D eigenvalue weighted by Crippen LogP contribution is 2.50. The van der Waals surface area contributed by atoms with Gasteiger partial charge in [0.2, 0.25) is 6.23 Å².